The molecule has 4 aromatic rings. The van der Waals surface area contributed by atoms with Crippen LogP contribution in [-0.2, 0) is 11.2 Å². The Balaban J connectivity index is 1.23. The maximum absolute atomic E-state index is 12.9. The van der Waals surface area contributed by atoms with Crippen LogP contribution >= 0.6 is 11.3 Å². The number of nitrogens with one attached hydrogen (secondary N) is 1. The first-order valence-corrected chi connectivity index (χ1v) is 11.6. The highest BCUT2D eigenvalue weighted by Crippen LogP contribution is 2.35. The van der Waals surface area contributed by atoms with E-state index in [1.54, 1.807) is 41.0 Å². The highest BCUT2D eigenvalue weighted by atomic mass is 32.1. The van der Waals surface area contributed by atoms with Crippen LogP contribution in [0.25, 0.3) is 10.9 Å². The smallest absolute Gasteiger partial charge is 0.311 e. The van der Waals surface area contributed by atoms with E-state index in [0.29, 0.717) is 39.5 Å². The van der Waals surface area contributed by atoms with E-state index in [0.717, 1.165) is 12.8 Å². The van der Waals surface area contributed by atoms with E-state index in [1.807, 2.05) is 29.6 Å². The Morgan fingerprint density at radius 3 is 2.58 bits per heavy atom. The van der Waals surface area contributed by atoms with Crippen LogP contribution in [0.1, 0.15) is 40.8 Å². The number of nitrogens with zero attached hydrogens (tertiary/aromatic N) is 2. The molecule has 0 spiro atoms. The van der Waals surface area contributed by atoms with Gasteiger partial charge in [-0.15, -0.1) is 11.3 Å². The number of fused-ring (bicyclic) bond motifs is 1. The van der Waals surface area contributed by atoms with Crippen LogP contribution in [0.5, 0.6) is 5.75 Å². The summed E-state index contributed by atoms with van der Waals surface area (Å²) in [5, 5.41) is 5.25. The number of rotatable bonds is 7. The van der Waals surface area contributed by atoms with Crippen molar-refractivity contribution < 1.29 is 14.3 Å². The van der Waals surface area contributed by atoms with Crippen molar-refractivity contribution in [2.45, 2.75) is 31.7 Å². The number of benzene rings is 2. The molecule has 8 heteroatoms. The van der Waals surface area contributed by atoms with Gasteiger partial charge >= 0.3 is 5.97 Å². The summed E-state index contributed by atoms with van der Waals surface area (Å²) in [5.41, 5.74) is 1.21. The van der Waals surface area contributed by atoms with Gasteiger partial charge in [-0.2, -0.15) is 0 Å². The van der Waals surface area contributed by atoms with Gasteiger partial charge in [-0.3, -0.25) is 19.0 Å². The van der Waals surface area contributed by atoms with Gasteiger partial charge in [-0.25, -0.2) is 4.98 Å². The average molecular weight is 460 g/mol. The van der Waals surface area contributed by atoms with Gasteiger partial charge in [0, 0.05) is 18.2 Å². The standard InChI is InChI=1S/C25H21N3O4S/c29-23(32-18-11-7-16(8-12-18)26-24(30)21-6-3-15-33-21)14-13-22-27-20-5-2-1-4-19(20)25(31)28(22)17-9-10-17/h1-8,11-12,15,17H,9-10,13-14H2,(H,26,30). The van der Waals surface area contributed by atoms with Gasteiger partial charge in [0.1, 0.15) is 11.6 Å². The summed E-state index contributed by atoms with van der Waals surface area (Å²) in [5.74, 6) is 0.416. The first-order valence-electron chi connectivity index (χ1n) is 10.7. The molecule has 0 bridgehead atoms. The van der Waals surface area contributed by atoms with Crippen molar-refractivity contribution in [1.82, 2.24) is 9.55 Å². The number of amides is 1. The molecule has 1 fully saturated rings. The second-order valence-corrected chi connectivity index (χ2v) is 8.83. The zero-order valence-electron chi connectivity index (χ0n) is 17.7. The molecule has 2 heterocycles. The summed E-state index contributed by atoms with van der Waals surface area (Å²) in [6.45, 7) is 0. The van der Waals surface area contributed by atoms with Crippen LogP contribution in [0.4, 0.5) is 5.69 Å². The van der Waals surface area contributed by atoms with Gasteiger partial charge in [0.15, 0.2) is 0 Å². The summed E-state index contributed by atoms with van der Waals surface area (Å²) in [7, 11) is 0. The zero-order valence-corrected chi connectivity index (χ0v) is 18.5. The average Bonchev–Trinajstić information content (AvgIpc) is 3.50. The molecule has 0 unspecified atom stereocenters. The predicted octanol–water partition coefficient (Wildman–Crippen LogP) is 4.58. The molecule has 5 rings (SSSR count). The second kappa shape index (κ2) is 8.99. The molecular weight excluding hydrogens is 438 g/mol. The van der Waals surface area contributed by atoms with Gasteiger partial charge in [0.2, 0.25) is 0 Å². The number of aromatic nitrogens is 2. The topological polar surface area (TPSA) is 90.3 Å². The van der Waals surface area contributed by atoms with Crippen LogP contribution < -0.4 is 15.6 Å². The lowest BCUT2D eigenvalue weighted by Gasteiger charge is -2.12. The fourth-order valence-corrected chi connectivity index (χ4v) is 4.30. The number of carbonyl (C=O) groups excluding carboxylic acids is 2. The molecule has 0 saturated heterocycles. The Hall–Kier alpha value is -3.78. The fraction of sp³-hybridized carbons (Fsp3) is 0.200. The van der Waals surface area contributed by atoms with Crippen LogP contribution in [-0.4, -0.2) is 21.4 Å². The summed E-state index contributed by atoms with van der Waals surface area (Å²) in [6.07, 6.45) is 2.33. The highest BCUT2D eigenvalue weighted by Gasteiger charge is 2.28. The van der Waals surface area contributed by atoms with Gasteiger partial charge in [0.25, 0.3) is 11.5 Å². The summed E-state index contributed by atoms with van der Waals surface area (Å²) < 4.78 is 7.17. The van der Waals surface area contributed by atoms with Crippen molar-refractivity contribution >= 4 is 39.8 Å². The van der Waals surface area contributed by atoms with Gasteiger partial charge in [-0.1, -0.05) is 18.2 Å². The number of para-hydroxylation sites is 1. The number of ether oxygens (including phenoxy) is 1. The Morgan fingerprint density at radius 2 is 1.85 bits per heavy atom. The lowest BCUT2D eigenvalue weighted by Crippen LogP contribution is -2.25. The number of hydrogen-bond acceptors (Lipinski definition) is 6. The third-order valence-corrected chi connectivity index (χ3v) is 6.30. The summed E-state index contributed by atoms with van der Waals surface area (Å²) >= 11 is 1.37. The first kappa shape index (κ1) is 21.1. The van der Waals surface area contributed by atoms with Gasteiger partial charge in [0.05, 0.1) is 22.2 Å². The number of aryl methyl sites for hydroxylation is 1. The van der Waals surface area contributed by atoms with Crippen LogP contribution in [0.3, 0.4) is 0 Å². The van der Waals surface area contributed by atoms with E-state index in [9.17, 15) is 14.4 Å². The largest absolute Gasteiger partial charge is 0.427 e. The minimum absolute atomic E-state index is 0.0494. The van der Waals surface area contributed by atoms with Crippen LogP contribution in [0.15, 0.2) is 70.8 Å². The molecule has 1 aliphatic carbocycles. The third-order valence-electron chi connectivity index (χ3n) is 5.43. The van der Waals surface area contributed by atoms with E-state index in [-0.39, 0.29) is 23.9 Å². The fourth-order valence-electron chi connectivity index (χ4n) is 3.68. The third kappa shape index (κ3) is 4.70. The Labute approximate surface area is 193 Å². The van der Waals surface area contributed by atoms with E-state index in [4.69, 9.17) is 4.74 Å². The minimum Gasteiger partial charge on any atom is -0.427 e. The molecule has 33 heavy (non-hydrogen) atoms. The number of thiophene rings is 1. The quantitative estimate of drug-likeness (QED) is 0.323. The van der Waals surface area contributed by atoms with Crippen LogP contribution in [0.2, 0.25) is 0 Å². The number of anilines is 1. The molecule has 166 valence electrons. The number of esters is 1. The molecule has 2 aromatic carbocycles. The summed E-state index contributed by atoms with van der Waals surface area (Å²) in [6, 6.07) is 17.7. The maximum Gasteiger partial charge on any atom is 0.311 e. The second-order valence-electron chi connectivity index (χ2n) is 7.88. The highest BCUT2D eigenvalue weighted by molar-refractivity contribution is 7.12. The zero-order chi connectivity index (χ0) is 22.8. The minimum atomic E-state index is -0.407. The van der Waals surface area contributed by atoms with Crippen molar-refractivity contribution in [2.75, 3.05) is 5.32 Å². The van der Waals surface area contributed by atoms with E-state index in [1.165, 1.54) is 11.3 Å². The van der Waals surface area contributed by atoms with E-state index < -0.39 is 5.97 Å². The molecule has 1 aliphatic rings. The molecule has 0 aliphatic heterocycles. The van der Waals surface area contributed by atoms with E-state index in [2.05, 4.69) is 10.3 Å². The van der Waals surface area contributed by atoms with E-state index >= 15 is 0 Å². The number of hydrogen-bond donors (Lipinski definition) is 1. The monoisotopic (exact) mass is 459 g/mol. The van der Waals surface area contributed by atoms with Crippen molar-refractivity contribution in [2.24, 2.45) is 0 Å². The lowest BCUT2D eigenvalue weighted by molar-refractivity contribution is -0.134. The van der Waals surface area contributed by atoms with Gasteiger partial charge in [-0.05, 0) is 60.7 Å². The number of carbonyl (C=O) groups is 2. The van der Waals surface area contributed by atoms with Crippen LogP contribution in [0, 0.1) is 0 Å². The first-order chi connectivity index (χ1) is 16.1. The Bertz CT molecular complexity index is 1370. The van der Waals surface area contributed by atoms with Gasteiger partial charge < -0.3 is 10.1 Å². The van der Waals surface area contributed by atoms with Crippen molar-refractivity contribution in [3.05, 3.63) is 87.1 Å². The summed E-state index contributed by atoms with van der Waals surface area (Å²) in [4.78, 5) is 42.8. The molecule has 0 radical (unpaired) electrons. The molecule has 0 atom stereocenters. The Kier molecular flexibility index (Phi) is 5.75. The molecular formula is C25H21N3O4S. The maximum atomic E-state index is 12.9. The molecule has 1 saturated carbocycles. The SMILES string of the molecule is O=C(CCc1nc2ccccc2c(=O)n1C1CC1)Oc1ccc(NC(=O)c2cccs2)cc1. The Morgan fingerprint density at radius 1 is 1.06 bits per heavy atom. The van der Waals surface area contributed by atoms with Crippen molar-refractivity contribution in [3.8, 4) is 5.75 Å². The molecule has 1 N–H and O–H groups in total. The lowest BCUT2D eigenvalue weighted by atomic mass is 10.2. The normalized spacial score (nSPS) is 13.1. The van der Waals surface area contributed by atoms with Crippen molar-refractivity contribution in [3.63, 3.8) is 0 Å². The molecule has 7 nitrogen and oxygen atoms in total. The molecule has 1 amide bonds. The molecule has 2 aromatic heterocycles. The predicted molar refractivity (Wildman–Crippen MR) is 127 cm³/mol. The van der Waals surface area contributed by atoms with Crippen molar-refractivity contribution in [1.29, 1.82) is 0 Å².